The zero-order valence-corrected chi connectivity index (χ0v) is 19.4. The van der Waals surface area contributed by atoms with Gasteiger partial charge in [-0.25, -0.2) is 22.4 Å². The zero-order chi connectivity index (χ0) is 27.7. The number of amides is 1. The molecule has 7 nitrogen and oxygen atoms in total. The van der Waals surface area contributed by atoms with Gasteiger partial charge >= 0.3 is 12.1 Å². The maximum absolute atomic E-state index is 14.1. The van der Waals surface area contributed by atoms with Crippen LogP contribution in [0.3, 0.4) is 0 Å². The first-order valence-electron chi connectivity index (χ1n) is 11.5. The van der Waals surface area contributed by atoms with E-state index in [0.29, 0.717) is 18.9 Å². The van der Waals surface area contributed by atoms with Crippen LogP contribution >= 0.6 is 0 Å². The summed E-state index contributed by atoms with van der Waals surface area (Å²) < 4.78 is 86.3. The van der Waals surface area contributed by atoms with Gasteiger partial charge in [-0.1, -0.05) is 0 Å². The highest BCUT2D eigenvalue weighted by molar-refractivity contribution is 5.83. The highest BCUT2D eigenvalue weighted by Crippen LogP contribution is 2.41. The molecule has 1 amide bonds. The van der Waals surface area contributed by atoms with Crippen molar-refractivity contribution >= 4 is 11.9 Å². The first-order valence-corrected chi connectivity index (χ1v) is 11.5. The Hall–Kier alpha value is -2.92. The van der Waals surface area contributed by atoms with Crippen molar-refractivity contribution in [3.05, 3.63) is 35.1 Å². The molecule has 14 heteroatoms. The quantitative estimate of drug-likeness (QED) is 0.450. The van der Waals surface area contributed by atoms with Gasteiger partial charge in [0, 0.05) is 36.7 Å². The molecule has 37 heavy (non-hydrogen) atoms. The number of carbonyl (C=O) groups excluding carboxylic acids is 1. The number of aliphatic carboxylic acids is 1. The van der Waals surface area contributed by atoms with Gasteiger partial charge in [0.25, 0.3) is 0 Å². The summed E-state index contributed by atoms with van der Waals surface area (Å²) in [6, 6.07) is 1.93. The van der Waals surface area contributed by atoms with E-state index in [2.05, 4.69) is 4.90 Å². The molecule has 5 atom stereocenters. The largest absolute Gasteiger partial charge is 0.490 e. The predicted octanol–water partition coefficient (Wildman–Crippen LogP) is 3.27. The minimum absolute atomic E-state index is 0.0123. The highest BCUT2D eigenvalue weighted by Gasteiger charge is 2.46. The molecule has 2 unspecified atom stereocenters. The number of hydrogen-bond donors (Lipinski definition) is 2. The summed E-state index contributed by atoms with van der Waals surface area (Å²) in [5, 5.41) is 16.3. The Kier molecular flexibility index (Phi) is 8.69. The van der Waals surface area contributed by atoms with E-state index in [0.717, 1.165) is 18.9 Å². The second-order valence-electron chi connectivity index (χ2n) is 9.44. The van der Waals surface area contributed by atoms with Crippen LogP contribution in [0.4, 0.5) is 30.7 Å². The van der Waals surface area contributed by atoms with Crippen LogP contribution in [0.1, 0.15) is 37.7 Å². The molecule has 3 aliphatic heterocycles. The standard InChI is InChI=1S/C21H24F4N4O.C2HF3O2/c22-13-6-16(8-26)29(10-13)21(30)20(27)11-3-14-1-2-15(4-11)28(14)9-12-5-18(24)19(25)7-17(12)23;3-2(4,5)1(6)7/h5,7,11,13-16,20H,1-4,6,9-10,27H2;(H,6,7)/t11?,13-,14?,15?,16-,20-;/m0./s1. The number of carboxylic acid groups (broad SMARTS) is 1. The molecular weight excluding hydrogens is 513 g/mol. The molecule has 3 N–H and O–H groups in total. The van der Waals surface area contributed by atoms with E-state index >= 15 is 0 Å². The molecule has 204 valence electrons. The van der Waals surface area contributed by atoms with Crippen LogP contribution < -0.4 is 5.73 Å². The fourth-order valence-corrected chi connectivity index (χ4v) is 5.29. The number of nitrogens with zero attached hydrogens (tertiary/aromatic N) is 3. The number of rotatable bonds is 4. The lowest BCUT2D eigenvalue weighted by atomic mass is 9.84. The van der Waals surface area contributed by atoms with Crippen molar-refractivity contribution < 1.29 is 45.4 Å². The van der Waals surface area contributed by atoms with Gasteiger partial charge in [0.2, 0.25) is 5.91 Å². The molecule has 0 saturated carbocycles. The number of carboxylic acids is 1. The van der Waals surface area contributed by atoms with Crippen LogP contribution in [-0.4, -0.2) is 69.8 Å². The minimum Gasteiger partial charge on any atom is -0.475 e. The first kappa shape index (κ1) is 28.6. The van der Waals surface area contributed by atoms with Crippen LogP contribution in [0.5, 0.6) is 0 Å². The number of piperidine rings is 1. The SMILES string of the molecule is N#C[C@@H]1C[C@H](F)CN1C(=O)[C@@H](N)C1CC2CCC(C1)N2Cc1cc(F)c(F)cc1F.O=C(O)C(F)(F)F. The lowest BCUT2D eigenvalue weighted by Crippen LogP contribution is -2.53. The molecule has 4 rings (SSSR count). The molecule has 3 saturated heterocycles. The molecule has 1 aromatic carbocycles. The molecule has 0 spiro atoms. The number of alkyl halides is 4. The zero-order valence-electron chi connectivity index (χ0n) is 19.4. The molecule has 2 bridgehead atoms. The summed E-state index contributed by atoms with van der Waals surface area (Å²) in [7, 11) is 0. The predicted molar refractivity (Wildman–Crippen MR) is 114 cm³/mol. The van der Waals surface area contributed by atoms with Crippen LogP contribution in [-0.2, 0) is 16.1 Å². The van der Waals surface area contributed by atoms with E-state index in [1.54, 1.807) is 0 Å². The fourth-order valence-electron chi connectivity index (χ4n) is 5.29. The van der Waals surface area contributed by atoms with E-state index in [1.165, 1.54) is 4.90 Å². The number of hydrogen-bond acceptors (Lipinski definition) is 5. The second kappa shape index (κ2) is 11.2. The number of fused-ring (bicyclic) bond motifs is 2. The van der Waals surface area contributed by atoms with Crippen molar-refractivity contribution in [2.24, 2.45) is 11.7 Å². The van der Waals surface area contributed by atoms with E-state index in [-0.39, 0.29) is 43.1 Å². The van der Waals surface area contributed by atoms with E-state index in [9.17, 15) is 40.8 Å². The molecule has 1 aromatic rings. The van der Waals surface area contributed by atoms with E-state index in [1.807, 2.05) is 6.07 Å². The van der Waals surface area contributed by atoms with Gasteiger partial charge in [-0.05, 0) is 37.7 Å². The lowest BCUT2D eigenvalue weighted by Gasteiger charge is -2.41. The number of likely N-dealkylation sites (tertiary alicyclic amines) is 1. The molecule has 3 aliphatic rings. The van der Waals surface area contributed by atoms with E-state index < -0.39 is 53.8 Å². The van der Waals surface area contributed by atoms with Crippen LogP contribution in [0.15, 0.2) is 12.1 Å². The Morgan fingerprint density at radius 3 is 2.14 bits per heavy atom. The summed E-state index contributed by atoms with van der Waals surface area (Å²) in [5.41, 5.74) is 6.36. The number of carbonyl (C=O) groups is 2. The highest BCUT2D eigenvalue weighted by atomic mass is 19.4. The Morgan fingerprint density at radius 2 is 1.62 bits per heavy atom. The first-order chi connectivity index (χ1) is 17.2. The molecule has 0 aromatic heterocycles. The smallest absolute Gasteiger partial charge is 0.475 e. The molecule has 0 aliphatic carbocycles. The normalized spacial score (nSPS) is 28.3. The van der Waals surface area contributed by atoms with Crippen molar-refractivity contribution in [3.8, 4) is 6.07 Å². The van der Waals surface area contributed by atoms with Gasteiger partial charge in [-0.15, -0.1) is 0 Å². The van der Waals surface area contributed by atoms with Crippen molar-refractivity contribution in [2.45, 2.75) is 75.2 Å². The Morgan fingerprint density at radius 1 is 1.08 bits per heavy atom. The molecule has 0 radical (unpaired) electrons. The van der Waals surface area contributed by atoms with Gasteiger partial charge in [0.05, 0.1) is 18.7 Å². The summed E-state index contributed by atoms with van der Waals surface area (Å²) in [5.74, 6) is -6.35. The number of nitrogens with two attached hydrogens (primary N) is 1. The van der Waals surface area contributed by atoms with Crippen LogP contribution in [0.25, 0.3) is 0 Å². The Labute approximate surface area is 207 Å². The lowest BCUT2D eigenvalue weighted by molar-refractivity contribution is -0.192. The summed E-state index contributed by atoms with van der Waals surface area (Å²) in [6.45, 7) is 0.0618. The molecular formula is C23H25F7N4O3. The average Bonchev–Trinajstić information content (AvgIpc) is 3.30. The van der Waals surface area contributed by atoms with Crippen molar-refractivity contribution in [1.82, 2.24) is 9.80 Å². The molecule has 3 fully saturated rings. The van der Waals surface area contributed by atoms with Gasteiger partial charge < -0.3 is 15.7 Å². The number of halogens is 7. The maximum Gasteiger partial charge on any atom is 0.490 e. The van der Waals surface area contributed by atoms with Gasteiger partial charge in [0.1, 0.15) is 18.0 Å². The average molecular weight is 538 g/mol. The topological polar surface area (TPSA) is 111 Å². The van der Waals surface area contributed by atoms with Gasteiger partial charge in [-0.2, -0.15) is 18.4 Å². The Bertz CT molecular complexity index is 1050. The fraction of sp³-hybridized carbons (Fsp3) is 0.609. The summed E-state index contributed by atoms with van der Waals surface area (Å²) in [6.07, 6.45) is -3.36. The van der Waals surface area contributed by atoms with Crippen LogP contribution in [0.2, 0.25) is 0 Å². The third kappa shape index (κ3) is 6.51. The Balaban J connectivity index is 0.000000479. The second-order valence-corrected chi connectivity index (χ2v) is 9.44. The van der Waals surface area contributed by atoms with E-state index in [4.69, 9.17) is 15.6 Å². The van der Waals surface area contributed by atoms with Gasteiger partial charge in [-0.3, -0.25) is 9.69 Å². The molecule has 3 heterocycles. The third-order valence-electron chi connectivity index (χ3n) is 7.08. The summed E-state index contributed by atoms with van der Waals surface area (Å²) >= 11 is 0. The summed E-state index contributed by atoms with van der Waals surface area (Å²) in [4.78, 5) is 25.0. The van der Waals surface area contributed by atoms with Crippen molar-refractivity contribution in [3.63, 3.8) is 0 Å². The third-order valence-corrected chi connectivity index (χ3v) is 7.08. The van der Waals surface area contributed by atoms with Crippen molar-refractivity contribution in [1.29, 1.82) is 5.26 Å². The van der Waals surface area contributed by atoms with Crippen molar-refractivity contribution in [2.75, 3.05) is 6.54 Å². The maximum atomic E-state index is 14.1. The minimum atomic E-state index is -5.08. The number of nitriles is 1. The van der Waals surface area contributed by atoms with Gasteiger partial charge in [0.15, 0.2) is 11.6 Å². The number of benzene rings is 1. The monoisotopic (exact) mass is 538 g/mol. The van der Waals surface area contributed by atoms with Crippen LogP contribution in [0, 0.1) is 34.7 Å².